The number of fused-ring (bicyclic) bond motifs is 1. The van der Waals surface area contributed by atoms with Crippen molar-refractivity contribution in [1.82, 2.24) is 15.3 Å². The second-order valence-electron chi connectivity index (χ2n) is 11.6. The monoisotopic (exact) mass is 542 g/mol. The van der Waals surface area contributed by atoms with E-state index in [-0.39, 0.29) is 11.3 Å². The number of H-pyrrole nitrogens is 1. The molecular weight excluding hydrogens is 504 g/mol. The fourth-order valence-electron chi connectivity index (χ4n) is 6.65. The van der Waals surface area contributed by atoms with Gasteiger partial charge in [0.2, 0.25) is 5.91 Å². The van der Waals surface area contributed by atoms with Crippen LogP contribution in [0.25, 0.3) is 10.9 Å². The van der Waals surface area contributed by atoms with Gasteiger partial charge in [-0.15, -0.1) is 0 Å². The number of nitrogens with zero attached hydrogens (tertiary/aromatic N) is 2. The quantitative estimate of drug-likeness (QED) is 0.200. The highest BCUT2D eigenvalue weighted by atomic mass is 16.2. The summed E-state index contributed by atoms with van der Waals surface area (Å²) in [5.74, 6) is 0.0105. The molecule has 1 aliphatic rings. The number of anilines is 2. The molecule has 0 unspecified atom stereocenters. The molecule has 5 aromatic rings. The molecule has 5 heteroatoms. The second kappa shape index (κ2) is 11.6. The number of carbonyl (C=O) groups is 1. The predicted molar refractivity (Wildman–Crippen MR) is 167 cm³/mol. The summed E-state index contributed by atoms with van der Waals surface area (Å²) in [6, 6.07) is 35.0. The van der Waals surface area contributed by atoms with E-state index in [0.29, 0.717) is 13.0 Å². The van der Waals surface area contributed by atoms with Crippen LogP contribution in [-0.2, 0) is 16.6 Å². The van der Waals surface area contributed by atoms with Crippen molar-refractivity contribution in [3.63, 3.8) is 0 Å². The number of pyridine rings is 1. The average molecular weight is 543 g/mol. The summed E-state index contributed by atoms with van der Waals surface area (Å²) in [6.07, 6.45) is 10.1. The molecule has 2 heterocycles. The number of amides is 1. The lowest BCUT2D eigenvalue weighted by molar-refractivity contribution is -0.126. The number of hydrogen-bond donors (Lipinski definition) is 2. The summed E-state index contributed by atoms with van der Waals surface area (Å²) >= 11 is 0. The van der Waals surface area contributed by atoms with Crippen LogP contribution in [0.5, 0.6) is 0 Å². The lowest BCUT2D eigenvalue weighted by Crippen LogP contribution is -2.58. The maximum atomic E-state index is 14.7. The number of para-hydroxylation sites is 3. The van der Waals surface area contributed by atoms with Gasteiger partial charge >= 0.3 is 0 Å². The van der Waals surface area contributed by atoms with Gasteiger partial charge in [-0.2, -0.15) is 0 Å². The standard InChI is InChI=1S/C36H38N4O/c1-35(25-28-26-38-32-20-10-9-19-31(28)32,40(29-15-5-2-6-16-29)30-17-7-3-8-18-30)34(41)39-27-36(22-12-4-13-23-36)33-21-11-14-24-37-33/h2-3,5-11,14-21,24,26,38H,4,12-13,22-23,25,27H2,1H3,(H,39,41)/t35-/m0/s1. The normalized spacial score (nSPS) is 16.1. The Bertz CT molecular complexity index is 1540. The topological polar surface area (TPSA) is 61.0 Å². The molecule has 3 aromatic carbocycles. The summed E-state index contributed by atoms with van der Waals surface area (Å²) < 4.78 is 0. The molecule has 1 atom stereocenters. The minimum absolute atomic E-state index is 0.0105. The molecule has 2 N–H and O–H groups in total. The van der Waals surface area contributed by atoms with Gasteiger partial charge in [-0.25, -0.2) is 0 Å². The Balaban J connectivity index is 1.42. The van der Waals surface area contributed by atoms with Gasteiger partial charge in [0.05, 0.1) is 0 Å². The molecule has 0 aliphatic heterocycles. The fraction of sp³-hybridized carbons (Fsp3) is 0.278. The highest BCUT2D eigenvalue weighted by Gasteiger charge is 2.43. The van der Waals surface area contributed by atoms with Crippen LogP contribution in [0.3, 0.4) is 0 Å². The molecule has 0 spiro atoms. The van der Waals surface area contributed by atoms with E-state index in [1.807, 2.05) is 54.7 Å². The van der Waals surface area contributed by atoms with Crippen molar-refractivity contribution in [3.8, 4) is 0 Å². The zero-order valence-corrected chi connectivity index (χ0v) is 23.7. The molecule has 5 nitrogen and oxygen atoms in total. The smallest absolute Gasteiger partial charge is 0.246 e. The highest BCUT2D eigenvalue weighted by Crippen LogP contribution is 2.40. The molecule has 1 fully saturated rings. The van der Waals surface area contributed by atoms with Crippen molar-refractivity contribution < 1.29 is 4.79 Å². The third-order valence-corrected chi connectivity index (χ3v) is 8.83. The van der Waals surface area contributed by atoms with Gasteiger partial charge in [-0.1, -0.05) is 79.9 Å². The maximum Gasteiger partial charge on any atom is 0.246 e. The predicted octanol–water partition coefficient (Wildman–Crippen LogP) is 7.72. The average Bonchev–Trinajstić information content (AvgIpc) is 3.44. The molecule has 41 heavy (non-hydrogen) atoms. The third kappa shape index (κ3) is 5.37. The summed E-state index contributed by atoms with van der Waals surface area (Å²) in [6.45, 7) is 2.65. The summed E-state index contributed by atoms with van der Waals surface area (Å²) in [5.41, 5.74) is 4.16. The summed E-state index contributed by atoms with van der Waals surface area (Å²) in [7, 11) is 0. The van der Waals surface area contributed by atoms with Crippen LogP contribution in [-0.4, -0.2) is 28.0 Å². The number of rotatable bonds is 9. The SMILES string of the molecule is C[C@](Cc1c[nH]c2ccccc12)(C(=O)NCC1(c2ccccn2)CCCCC1)N(c1ccccc1)c1ccccc1. The molecule has 1 aliphatic carbocycles. The molecule has 208 valence electrons. The van der Waals surface area contributed by atoms with E-state index in [2.05, 4.69) is 82.9 Å². The number of nitrogens with one attached hydrogen (secondary N) is 2. The van der Waals surface area contributed by atoms with E-state index in [1.54, 1.807) is 0 Å². The first-order valence-corrected chi connectivity index (χ1v) is 14.7. The number of carbonyl (C=O) groups excluding carboxylic acids is 1. The number of aromatic amines is 1. The van der Waals surface area contributed by atoms with Crippen molar-refractivity contribution in [2.24, 2.45) is 0 Å². The highest BCUT2D eigenvalue weighted by molar-refractivity contribution is 5.94. The van der Waals surface area contributed by atoms with Crippen LogP contribution < -0.4 is 10.2 Å². The van der Waals surface area contributed by atoms with Crippen LogP contribution in [0, 0.1) is 0 Å². The third-order valence-electron chi connectivity index (χ3n) is 8.83. The van der Waals surface area contributed by atoms with E-state index in [9.17, 15) is 4.79 Å². The number of hydrogen-bond acceptors (Lipinski definition) is 3. The Morgan fingerprint density at radius 1 is 0.854 bits per heavy atom. The Kier molecular flexibility index (Phi) is 7.60. The summed E-state index contributed by atoms with van der Waals surface area (Å²) in [4.78, 5) is 25.1. The van der Waals surface area contributed by atoms with Crippen LogP contribution in [0.4, 0.5) is 11.4 Å². The molecule has 1 saturated carbocycles. The summed E-state index contributed by atoms with van der Waals surface area (Å²) in [5, 5.41) is 4.63. The van der Waals surface area contributed by atoms with Crippen LogP contribution in [0.2, 0.25) is 0 Å². The minimum atomic E-state index is -0.923. The maximum absolute atomic E-state index is 14.7. The fourth-order valence-corrected chi connectivity index (χ4v) is 6.65. The van der Waals surface area contributed by atoms with E-state index < -0.39 is 5.54 Å². The molecule has 0 saturated heterocycles. The van der Waals surface area contributed by atoms with E-state index >= 15 is 0 Å². The second-order valence-corrected chi connectivity index (χ2v) is 11.6. The van der Waals surface area contributed by atoms with Gasteiger partial charge < -0.3 is 15.2 Å². The Hall–Kier alpha value is -4.38. The van der Waals surface area contributed by atoms with Crippen molar-refractivity contribution in [2.45, 2.75) is 56.4 Å². The van der Waals surface area contributed by atoms with Crippen molar-refractivity contribution in [2.75, 3.05) is 11.4 Å². The van der Waals surface area contributed by atoms with E-state index in [1.165, 1.54) is 6.42 Å². The van der Waals surface area contributed by atoms with Gasteiger partial charge in [0, 0.05) is 58.7 Å². The van der Waals surface area contributed by atoms with Gasteiger partial charge in [0.1, 0.15) is 5.54 Å². The van der Waals surface area contributed by atoms with Gasteiger partial charge in [-0.3, -0.25) is 9.78 Å². The largest absolute Gasteiger partial charge is 0.361 e. The molecule has 0 bridgehead atoms. The van der Waals surface area contributed by atoms with E-state index in [4.69, 9.17) is 4.98 Å². The van der Waals surface area contributed by atoms with Crippen molar-refractivity contribution >= 4 is 28.2 Å². The van der Waals surface area contributed by atoms with Crippen LogP contribution >= 0.6 is 0 Å². The first-order chi connectivity index (χ1) is 20.1. The number of benzene rings is 3. The minimum Gasteiger partial charge on any atom is -0.361 e. The van der Waals surface area contributed by atoms with Gasteiger partial charge in [0.25, 0.3) is 0 Å². The Morgan fingerprint density at radius 2 is 1.49 bits per heavy atom. The molecule has 0 radical (unpaired) electrons. The lowest BCUT2D eigenvalue weighted by Gasteiger charge is -2.43. The van der Waals surface area contributed by atoms with Gasteiger partial charge in [-0.05, 0) is 67.8 Å². The lowest BCUT2D eigenvalue weighted by atomic mass is 9.71. The zero-order valence-electron chi connectivity index (χ0n) is 23.7. The number of aromatic nitrogens is 2. The van der Waals surface area contributed by atoms with Crippen LogP contribution in [0.15, 0.2) is 116 Å². The first-order valence-electron chi connectivity index (χ1n) is 14.7. The van der Waals surface area contributed by atoms with E-state index in [0.717, 1.165) is 59.2 Å². The first kappa shape index (κ1) is 26.8. The molecular formula is C36H38N4O. The van der Waals surface area contributed by atoms with Gasteiger partial charge in [0.15, 0.2) is 0 Å². The van der Waals surface area contributed by atoms with Crippen molar-refractivity contribution in [3.05, 3.63) is 127 Å². The van der Waals surface area contributed by atoms with Crippen LogP contribution in [0.1, 0.15) is 50.3 Å². The van der Waals surface area contributed by atoms with Crippen molar-refractivity contribution in [1.29, 1.82) is 0 Å². The zero-order chi connectivity index (χ0) is 28.1. The Morgan fingerprint density at radius 3 is 2.15 bits per heavy atom. The Labute approximate surface area is 242 Å². The molecule has 2 aromatic heterocycles. The molecule has 1 amide bonds. The molecule has 6 rings (SSSR count).